The van der Waals surface area contributed by atoms with Crippen LogP contribution in [0.1, 0.15) is 11.3 Å². The predicted molar refractivity (Wildman–Crippen MR) is 87.3 cm³/mol. The zero-order chi connectivity index (χ0) is 15.7. The summed E-state index contributed by atoms with van der Waals surface area (Å²) >= 11 is 7.35. The molecule has 8 heteroatoms. The van der Waals surface area contributed by atoms with Crippen LogP contribution in [0.25, 0.3) is 5.78 Å². The van der Waals surface area contributed by atoms with E-state index in [0.717, 1.165) is 27.7 Å². The van der Waals surface area contributed by atoms with Crippen LogP contribution < -0.4 is 5.49 Å². The van der Waals surface area contributed by atoms with Gasteiger partial charge in [0.1, 0.15) is 5.15 Å². The van der Waals surface area contributed by atoms with E-state index < -0.39 is 0 Å². The van der Waals surface area contributed by atoms with Gasteiger partial charge in [0, 0.05) is 25.0 Å². The van der Waals surface area contributed by atoms with Crippen LogP contribution in [-0.2, 0) is 6.54 Å². The first kappa shape index (κ1) is 15.1. The highest BCUT2D eigenvalue weighted by Gasteiger charge is 2.11. The van der Waals surface area contributed by atoms with Gasteiger partial charge in [-0.25, -0.2) is 4.98 Å². The van der Waals surface area contributed by atoms with Crippen molar-refractivity contribution in [1.82, 2.24) is 24.1 Å². The number of rotatable bonds is 3. The normalized spacial score (nSPS) is 12.3. The lowest BCUT2D eigenvalue weighted by molar-refractivity contribution is 0.719. The van der Waals surface area contributed by atoms with Gasteiger partial charge < -0.3 is 4.57 Å². The van der Waals surface area contributed by atoms with Crippen molar-refractivity contribution in [2.24, 2.45) is 4.99 Å². The van der Waals surface area contributed by atoms with Crippen molar-refractivity contribution in [2.45, 2.75) is 18.6 Å². The second kappa shape index (κ2) is 6.10. The number of aryl methyl sites for hydroxylation is 1. The number of halogens is 1. The Labute approximate surface area is 136 Å². The first-order chi connectivity index (χ1) is 10.6. The van der Waals surface area contributed by atoms with E-state index in [4.69, 9.17) is 11.6 Å². The fraction of sp³-hybridized carbons (Fsp3) is 0.286. The zero-order valence-corrected chi connectivity index (χ0v) is 14.1. The smallest absolute Gasteiger partial charge is 0.235 e. The van der Waals surface area contributed by atoms with Crippen molar-refractivity contribution in [3.05, 3.63) is 46.3 Å². The lowest BCUT2D eigenvalue weighted by atomic mass is 10.2. The third-order valence-electron chi connectivity index (χ3n) is 3.33. The number of fused-ring (bicyclic) bond motifs is 1. The Kier molecular flexibility index (Phi) is 4.17. The number of nitrogens with zero attached hydrogens (tertiary/aromatic N) is 6. The van der Waals surface area contributed by atoms with Crippen LogP contribution in [0.5, 0.6) is 0 Å². The highest BCUT2D eigenvalue weighted by Crippen LogP contribution is 2.13. The lowest BCUT2D eigenvalue weighted by Crippen LogP contribution is -2.22. The number of hydrogen-bond donors (Lipinski definition) is 0. The quantitative estimate of drug-likeness (QED) is 0.544. The molecule has 0 saturated carbocycles. The molecule has 3 aromatic heterocycles. The molecule has 6 nitrogen and oxygen atoms in total. The molecule has 0 spiro atoms. The standard InChI is InChI=1S/C14H15ClN6S/c1-9-6-12(16-2)21-14(18-13(19-21)22-3)20(9)8-10-4-5-11(15)17-7-10/h4-7H,8H2,1-3H3. The fourth-order valence-electron chi connectivity index (χ4n) is 2.22. The molecule has 0 aliphatic heterocycles. The summed E-state index contributed by atoms with van der Waals surface area (Å²) in [4.78, 5) is 13.0. The highest BCUT2D eigenvalue weighted by molar-refractivity contribution is 7.98. The van der Waals surface area contributed by atoms with Crippen molar-refractivity contribution in [2.75, 3.05) is 13.3 Å². The molecule has 0 radical (unpaired) electrons. The van der Waals surface area contributed by atoms with Gasteiger partial charge in [-0.1, -0.05) is 29.4 Å². The predicted octanol–water partition coefficient (Wildman–Crippen LogP) is 2.19. The maximum absolute atomic E-state index is 5.84. The molecule has 0 bridgehead atoms. The molecule has 3 heterocycles. The Hall–Kier alpha value is -1.86. The molecule has 0 N–H and O–H groups in total. The molecule has 0 aliphatic carbocycles. The lowest BCUT2D eigenvalue weighted by Gasteiger charge is -2.12. The van der Waals surface area contributed by atoms with Crippen LogP contribution in [-0.4, -0.2) is 37.5 Å². The average Bonchev–Trinajstić information content (AvgIpc) is 2.96. The van der Waals surface area contributed by atoms with E-state index in [1.165, 1.54) is 11.8 Å². The van der Waals surface area contributed by atoms with E-state index in [2.05, 4.69) is 24.6 Å². The number of pyridine rings is 1. The van der Waals surface area contributed by atoms with E-state index in [0.29, 0.717) is 11.7 Å². The molecule has 0 aromatic carbocycles. The molecule has 22 heavy (non-hydrogen) atoms. The number of thioether (sulfide) groups is 1. The third kappa shape index (κ3) is 2.74. The molecule has 3 rings (SSSR count). The maximum Gasteiger partial charge on any atom is 0.235 e. The summed E-state index contributed by atoms with van der Waals surface area (Å²) in [6.07, 6.45) is 3.73. The monoisotopic (exact) mass is 334 g/mol. The van der Waals surface area contributed by atoms with Gasteiger partial charge in [0.15, 0.2) is 5.49 Å². The molecule has 0 amide bonds. The second-order valence-corrected chi connectivity index (χ2v) is 5.91. The van der Waals surface area contributed by atoms with Gasteiger partial charge in [-0.15, -0.1) is 5.10 Å². The Morgan fingerprint density at radius 1 is 1.36 bits per heavy atom. The highest BCUT2D eigenvalue weighted by atomic mass is 35.5. The van der Waals surface area contributed by atoms with E-state index in [1.807, 2.05) is 25.3 Å². The summed E-state index contributed by atoms with van der Waals surface area (Å²) in [5, 5.41) is 5.69. The van der Waals surface area contributed by atoms with Crippen LogP contribution in [0.4, 0.5) is 0 Å². The first-order valence-corrected chi connectivity index (χ1v) is 8.27. The zero-order valence-electron chi connectivity index (χ0n) is 12.5. The van der Waals surface area contributed by atoms with Crippen LogP contribution in [0, 0.1) is 6.92 Å². The van der Waals surface area contributed by atoms with E-state index in [-0.39, 0.29) is 0 Å². The molecule has 3 aromatic rings. The van der Waals surface area contributed by atoms with Crippen LogP contribution >= 0.6 is 23.4 Å². The molecular formula is C14H15ClN6S. The van der Waals surface area contributed by atoms with E-state index in [9.17, 15) is 0 Å². The molecular weight excluding hydrogens is 320 g/mol. The Bertz CT molecular complexity index is 881. The summed E-state index contributed by atoms with van der Waals surface area (Å²) in [7, 11) is 1.75. The van der Waals surface area contributed by atoms with Gasteiger partial charge >= 0.3 is 0 Å². The summed E-state index contributed by atoms with van der Waals surface area (Å²) < 4.78 is 3.86. The molecule has 0 fully saturated rings. The number of hydrogen-bond acceptors (Lipinski definition) is 5. The van der Waals surface area contributed by atoms with E-state index >= 15 is 0 Å². The first-order valence-electron chi connectivity index (χ1n) is 6.67. The minimum Gasteiger partial charge on any atom is -0.310 e. The van der Waals surface area contributed by atoms with Crippen molar-refractivity contribution in [3.63, 3.8) is 0 Å². The Balaban J connectivity index is 2.18. The summed E-state index contributed by atoms with van der Waals surface area (Å²) in [6.45, 7) is 2.68. The minimum atomic E-state index is 0.489. The molecule has 0 unspecified atom stereocenters. The summed E-state index contributed by atoms with van der Waals surface area (Å²) in [5.74, 6) is 0.764. The molecule has 0 atom stereocenters. The Morgan fingerprint density at radius 3 is 2.82 bits per heavy atom. The average molecular weight is 335 g/mol. The van der Waals surface area contributed by atoms with E-state index in [1.54, 1.807) is 23.8 Å². The van der Waals surface area contributed by atoms with Crippen molar-refractivity contribution in [1.29, 1.82) is 0 Å². The molecule has 114 valence electrons. The van der Waals surface area contributed by atoms with Crippen LogP contribution in [0.3, 0.4) is 0 Å². The van der Waals surface area contributed by atoms with Gasteiger partial charge in [0.2, 0.25) is 10.9 Å². The van der Waals surface area contributed by atoms with Gasteiger partial charge in [0.25, 0.3) is 0 Å². The second-order valence-electron chi connectivity index (χ2n) is 4.75. The van der Waals surface area contributed by atoms with Gasteiger partial charge in [-0.05, 0) is 24.8 Å². The van der Waals surface area contributed by atoms with Crippen molar-refractivity contribution >= 4 is 29.1 Å². The fourth-order valence-corrected chi connectivity index (χ4v) is 2.67. The minimum absolute atomic E-state index is 0.489. The third-order valence-corrected chi connectivity index (χ3v) is 4.10. The van der Waals surface area contributed by atoms with Crippen molar-refractivity contribution in [3.8, 4) is 0 Å². The van der Waals surface area contributed by atoms with Gasteiger partial charge in [0.05, 0.1) is 6.54 Å². The van der Waals surface area contributed by atoms with Crippen molar-refractivity contribution < 1.29 is 0 Å². The maximum atomic E-state index is 5.84. The van der Waals surface area contributed by atoms with Gasteiger partial charge in [-0.2, -0.15) is 9.50 Å². The SMILES string of the molecule is CN=c1cc(C)n(Cc2ccc(Cl)nc2)c2nc(SC)nn12. The van der Waals surface area contributed by atoms with Gasteiger partial charge in [-0.3, -0.25) is 4.99 Å². The summed E-state index contributed by atoms with van der Waals surface area (Å²) in [5.41, 5.74) is 2.89. The largest absolute Gasteiger partial charge is 0.310 e. The molecule has 0 saturated heterocycles. The summed E-state index contributed by atoms with van der Waals surface area (Å²) in [6, 6.07) is 5.74. The number of aromatic nitrogens is 5. The molecule has 0 aliphatic rings. The van der Waals surface area contributed by atoms with Crippen LogP contribution in [0.2, 0.25) is 5.15 Å². The Morgan fingerprint density at radius 2 is 2.18 bits per heavy atom. The topological polar surface area (TPSA) is 60.4 Å². The van der Waals surface area contributed by atoms with Crippen LogP contribution in [0.15, 0.2) is 34.5 Å².